The van der Waals surface area contributed by atoms with Crippen molar-refractivity contribution in [2.24, 2.45) is 23.7 Å². The van der Waals surface area contributed by atoms with Crippen LogP contribution >= 0.6 is 0 Å². The van der Waals surface area contributed by atoms with Crippen LogP contribution in [-0.2, 0) is 0 Å². The van der Waals surface area contributed by atoms with E-state index in [1.165, 1.54) is 24.0 Å². The molecule has 0 aromatic heterocycles. The summed E-state index contributed by atoms with van der Waals surface area (Å²) in [6.07, 6.45) is 2.70. The molecular formula is C14H24. The predicted molar refractivity (Wildman–Crippen MR) is 64.2 cm³/mol. The lowest BCUT2D eigenvalue weighted by Crippen LogP contribution is -2.33. The van der Waals surface area contributed by atoms with Gasteiger partial charge < -0.3 is 0 Å². The van der Waals surface area contributed by atoms with Gasteiger partial charge in [-0.1, -0.05) is 38.2 Å². The monoisotopic (exact) mass is 192 g/mol. The second-order valence-electron chi connectivity index (χ2n) is 5.28. The minimum Gasteiger partial charge on any atom is -0.0998 e. The highest BCUT2D eigenvalue weighted by molar-refractivity contribution is 5.13. The molecule has 1 rings (SSSR count). The van der Waals surface area contributed by atoms with E-state index in [1.807, 2.05) is 0 Å². The van der Waals surface area contributed by atoms with Crippen LogP contribution in [0.25, 0.3) is 0 Å². The summed E-state index contributed by atoms with van der Waals surface area (Å²) in [5, 5.41) is 0. The van der Waals surface area contributed by atoms with Gasteiger partial charge in [0.2, 0.25) is 0 Å². The Kier molecular flexibility index (Phi) is 3.58. The summed E-state index contributed by atoms with van der Waals surface area (Å²) >= 11 is 0. The van der Waals surface area contributed by atoms with Gasteiger partial charge in [0.25, 0.3) is 0 Å². The van der Waals surface area contributed by atoms with Crippen molar-refractivity contribution in [2.75, 3.05) is 0 Å². The van der Waals surface area contributed by atoms with Crippen molar-refractivity contribution in [3.8, 4) is 0 Å². The first-order chi connectivity index (χ1) is 6.45. The van der Waals surface area contributed by atoms with Gasteiger partial charge in [-0.05, 0) is 50.4 Å². The first kappa shape index (κ1) is 11.6. The van der Waals surface area contributed by atoms with Crippen molar-refractivity contribution >= 4 is 0 Å². The molecule has 1 aliphatic rings. The molecule has 0 aliphatic heterocycles. The normalized spacial score (nSPS) is 38.0. The highest BCUT2D eigenvalue weighted by Gasteiger charge is 2.35. The molecule has 0 nitrogen and oxygen atoms in total. The summed E-state index contributed by atoms with van der Waals surface area (Å²) in [7, 11) is 0. The molecule has 0 aromatic carbocycles. The van der Waals surface area contributed by atoms with E-state index in [1.54, 1.807) is 0 Å². The molecule has 4 unspecified atom stereocenters. The van der Waals surface area contributed by atoms with Crippen molar-refractivity contribution in [1.29, 1.82) is 0 Å². The Bertz CT molecular complexity index is 210. The molecule has 4 atom stereocenters. The molecule has 14 heavy (non-hydrogen) atoms. The molecule has 0 radical (unpaired) electrons. The van der Waals surface area contributed by atoms with Crippen LogP contribution in [0.5, 0.6) is 0 Å². The largest absolute Gasteiger partial charge is 0.0998 e. The number of hydrogen-bond donors (Lipinski definition) is 0. The molecule has 0 N–H and O–H groups in total. The lowest BCUT2D eigenvalue weighted by molar-refractivity contribution is 0.163. The maximum absolute atomic E-state index is 4.16. The Hall–Kier alpha value is -0.520. The molecule has 0 amide bonds. The van der Waals surface area contributed by atoms with Gasteiger partial charge >= 0.3 is 0 Å². The van der Waals surface area contributed by atoms with Crippen molar-refractivity contribution in [1.82, 2.24) is 0 Å². The first-order valence-electron chi connectivity index (χ1n) is 5.76. The molecule has 1 saturated carbocycles. The van der Waals surface area contributed by atoms with Crippen LogP contribution in [-0.4, -0.2) is 0 Å². The molecule has 0 saturated heterocycles. The molecule has 0 heterocycles. The second-order valence-corrected chi connectivity index (χ2v) is 5.28. The molecule has 0 spiro atoms. The van der Waals surface area contributed by atoms with E-state index in [-0.39, 0.29) is 0 Å². The summed E-state index contributed by atoms with van der Waals surface area (Å²) in [5.74, 6) is 2.89. The average Bonchev–Trinajstić information content (AvgIpc) is 2.07. The highest BCUT2D eigenvalue weighted by Crippen LogP contribution is 2.44. The van der Waals surface area contributed by atoms with Gasteiger partial charge in [-0.25, -0.2) is 0 Å². The average molecular weight is 192 g/mol. The molecule has 80 valence electrons. The highest BCUT2D eigenvalue weighted by atomic mass is 14.4. The maximum atomic E-state index is 4.16. The van der Waals surface area contributed by atoms with E-state index in [0.717, 1.165) is 11.8 Å². The Morgan fingerprint density at radius 1 is 0.857 bits per heavy atom. The van der Waals surface area contributed by atoms with Crippen LogP contribution in [0.1, 0.15) is 40.5 Å². The predicted octanol–water partition coefficient (Wildman–Crippen LogP) is 4.44. The van der Waals surface area contributed by atoms with Crippen molar-refractivity contribution in [3.63, 3.8) is 0 Å². The minimum absolute atomic E-state index is 0.663. The number of hydrogen-bond acceptors (Lipinski definition) is 0. The van der Waals surface area contributed by atoms with Crippen molar-refractivity contribution in [3.05, 3.63) is 24.3 Å². The van der Waals surface area contributed by atoms with Gasteiger partial charge in [-0.2, -0.15) is 0 Å². The van der Waals surface area contributed by atoms with Crippen LogP contribution in [0.4, 0.5) is 0 Å². The minimum atomic E-state index is 0.663. The zero-order valence-electron chi connectivity index (χ0n) is 10.1. The van der Waals surface area contributed by atoms with E-state index < -0.39 is 0 Å². The lowest BCUT2D eigenvalue weighted by atomic mass is 9.63. The van der Waals surface area contributed by atoms with E-state index >= 15 is 0 Å². The van der Waals surface area contributed by atoms with Crippen molar-refractivity contribution in [2.45, 2.75) is 40.5 Å². The summed E-state index contributed by atoms with van der Waals surface area (Å²) in [4.78, 5) is 0. The summed E-state index contributed by atoms with van der Waals surface area (Å²) in [6.45, 7) is 17.4. The molecule has 0 heteroatoms. The Labute approximate surface area is 89.1 Å². The van der Waals surface area contributed by atoms with Gasteiger partial charge in [0.15, 0.2) is 0 Å². The quantitative estimate of drug-likeness (QED) is 0.567. The van der Waals surface area contributed by atoms with Crippen LogP contribution < -0.4 is 0 Å². The lowest BCUT2D eigenvalue weighted by Gasteiger charge is -2.42. The molecule has 1 aliphatic carbocycles. The van der Waals surface area contributed by atoms with Gasteiger partial charge in [-0.3, -0.25) is 0 Å². The molecular weight excluding hydrogens is 168 g/mol. The summed E-state index contributed by atoms with van der Waals surface area (Å²) in [5.41, 5.74) is 2.69. The maximum Gasteiger partial charge on any atom is -0.0115 e. The van der Waals surface area contributed by atoms with Gasteiger partial charge in [0.1, 0.15) is 0 Å². The van der Waals surface area contributed by atoms with Crippen LogP contribution in [0, 0.1) is 23.7 Å². The summed E-state index contributed by atoms with van der Waals surface area (Å²) < 4.78 is 0. The van der Waals surface area contributed by atoms with Crippen molar-refractivity contribution < 1.29 is 0 Å². The molecule has 0 bridgehead atoms. The molecule has 1 fully saturated rings. The first-order valence-corrected chi connectivity index (χ1v) is 5.76. The fraction of sp³-hybridized carbons (Fsp3) is 0.714. The molecule has 0 aromatic rings. The standard InChI is InChI=1S/C14H24/c1-9(2)13-11(5)7-8-12(6)14(13)10(3)4/h11-14H,1,3,7-8H2,2,4-6H3. The SMILES string of the molecule is C=C(C)C1C(C)CCC(C)C1C(=C)C. The fourth-order valence-corrected chi connectivity index (χ4v) is 3.18. The van der Waals surface area contributed by atoms with Crippen LogP contribution in [0.3, 0.4) is 0 Å². The van der Waals surface area contributed by atoms with Crippen LogP contribution in [0.2, 0.25) is 0 Å². The fourth-order valence-electron chi connectivity index (χ4n) is 3.18. The van der Waals surface area contributed by atoms with Gasteiger partial charge in [0, 0.05) is 0 Å². The number of allylic oxidation sites excluding steroid dienone is 2. The number of rotatable bonds is 2. The zero-order valence-corrected chi connectivity index (χ0v) is 10.1. The topological polar surface area (TPSA) is 0 Å². The van der Waals surface area contributed by atoms with E-state index in [4.69, 9.17) is 0 Å². The summed E-state index contributed by atoms with van der Waals surface area (Å²) in [6, 6.07) is 0. The Balaban J connectivity index is 2.92. The third kappa shape index (κ3) is 2.10. The van der Waals surface area contributed by atoms with Gasteiger partial charge in [-0.15, -0.1) is 0 Å². The third-order valence-corrected chi connectivity index (χ3v) is 3.83. The van der Waals surface area contributed by atoms with Gasteiger partial charge in [0.05, 0.1) is 0 Å². The Morgan fingerprint density at radius 3 is 1.36 bits per heavy atom. The van der Waals surface area contributed by atoms with E-state index in [9.17, 15) is 0 Å². The zero-order chi connectivity index (χ0) is 10.9. The third-order valence-electron chi connectivity index (χ3n) is 3.83. The second kappa shape index (κ2) is 4.33. The van der Waals surface area contributed by atoms with E-state index in [2.05, 4.69) is 40.9 Å². The smallest absolute Gasteiger partial charge is 0.0115 e. The van der Waals surface area contributed by atoms with Crippen LogP contribution in [0.15, 0.2) is 24.3 Å². The van der Waals surface area contributed by atoms with E-state index in [0.29, 0.717) is 11.8 Å². The Morgan fingerprint density at radius 2 is 1.14 bits per heavy atom.